The smallest absolute Gasteiger partial charge is 0.225 e. The van der Waals surface area contributed by atoms with Gasteiger partial charge in [0, 0.05) is 29.0 Å². The Kier molecular flexibility index (Phi) is 9.84. The van der Waals surface area contributed by atoms with Crippen molar-refractivity contribution in [1.29, 1.82) is 0 Å². The van der Waals surface area contributed by atoms with Crippen LogP contribution in [0.1, 0.15) is 45.4 Å². The van der Waals surface area contributed by atoms with Crippen LogP contribution in [0.15, 0.2) is 17.5 Å². The van der Waals surface area contributed by atoms with Crippen LogP contribution in [0.2, 0.25) is 0 Å². The Hall–Kier alpha value is -0.330. The molecular formula is C17H31Cl2N3OS. The molecule has 0 spiro atoms. The Morgan fingerprint density at radius 2 is 2.00 bits per heavy atom. The number of hydrogen-bond acceptors (Lipinski definition) is 4. The van der Waals surface area contributed by atoms with Crippen LogP contribution in [0.3, 0.4) is 0 Å². The van der Waals surface area contributed by atoms with Crippen molar-refractivity contribution >= 4 is 42.1 Å². The molecule has 0 aliphatic carbocycles. The summed E-state index contributed by atoms with van der Waals surface area (Å²) in [5, 5.41) is 12.2. The molecule has 0 saturated carbocycles. The molecule has 140 valence electrons. The number of halogens is 2. The molecule has 0 bridgehead atoms. The fourth-order valence-electron chi connectivity index (χ4n) is 3.37. The van der Waals surface area contributed by atoms with Crippen LogP contribution in [0.4, 0.5) is 0 Å². The number of thiophene rings is 1. The third-order valence-electron chi connectivity index (χ3n) is 4.27. The van der Waals surface area contributed by atoms with Gasteiger partial charge in [0.25, 0.3) is 0 Å². The highest BCUT2D eigenvalue weighted by Crippen LogP contribution is 2.35. The van der Waals surface area contributed by atoms with Crippen molar-refractivity contribution in [2.24, 2.45) is 5.92 Å². The van der Waals surface area contributed by atoms with Crippen molar-refractivity contribution in [3.63, 3.8) is 0 Å². The van der Waals surface area contributed by atoms with E-state index in [1.807, 2.05) is 0 Å². The molecule has 0 radical (unpaired) electrons. The maximum atomic E-state index is 12.4. The molecule has 1 aliphatic rings. The zero-order chi connectivity index (χ0) is 16.2. The largest absolute Gasteiger partial charge is 0.356 e. The summed E-state index contributed by atoms with van der Waals surface area (Å²) in [6.45, 7) is 11.1. The molecule has 2 rings (SSSR count). The molecule has 24 heavy (non-hydrogen) atoms. The lowest BCUT2D eigenvalue weighted by Gasteiger charge is -2.27. The molecule has 1 fully saturated rings. The second kappa shape index (κ2) is 9.97. The van der Waals surface area contributed by atoms with E-state index in [1.54, 1.807) is 11.3 Å². The molecule has 1 aromatic rings. The Bertz CT molecular complexity index is 492. The van der Waals surface area contributed by atoms with Gasteiger partial charge < -0.3 is 16.0 Å². The van der Waals surface area contributed by atoms with Crippen molar-refractivity contribution in [3.8, 4) is 0 Å². The first-order valence-corrected chi connectivity index (χ1v) is 8.98. The van der Waals surface area contributed by atoms with Gasteiger partial charge in [-0.25, -0.2) is 0 Å². The minimum absolute atomic E-state index is 0. The first-order chi connectivity index (χ1) is 10.3. The molecule has 4 nitrogen and oxygen atoms in total. The second-order valence-corrected chi connectivity index (χ2v) is 8.42. The molecule has 7 heteroatoms. The number of rotatable bonds is 7. The third-order valence-corrected chi connectivity index (χ3v) is 5.15. The van der Waals surface area contributed by atoms with E-state index in [9.17, 15) is 4.79 Å². The van der Waals surface area contributed by atoms with Gasteiger partial charge in [0.15, 0.2) is 0 Å². The standard InChI is InChI=1S/C17H29N3OS.2ClH/c1-16(2)11-14(17(3,4)20-16)15(21)19-9-6-8-18-12-13-7-5-10-22-13;;/h5,7,10,14,18,20H,6,8-9,11-12H2,1-4H3,(H,19,21);2*1H. The highest BCUT2D eigenvalue weighted by molar-refractivity contribution is 7.09. The van der Waals surface area contributed by atoms with E-state index in [0.717, 1.165) is 32.5 Å². The van der Waals surface area contributed by atoms with Gasteiger partial charge in [0.05, 0.1) is 5.92 Å². The molecule has 0 aromatic carbocycles. The van der Waals surface area contributed by atoms with E-state index in [2.05, 4.69) is 61.2 Å². The maximum Gasteiger partial charge on any atom is 0.225 e. The third kappa shape index (κ3) is 6.89. The fourth-order valence-corrected chi connectivity index (χ4v) is 4.04. The van der Waals surface area contributed by atoms with Crippen molar-refractivity contribution in [3.05, 3.63) is 22.4 Å². The zero-order valence-corrected chi connectivity index (χ0v) is 17.4. The van der Waals surface area contributed by atoms with Gasteiger partial charge in [-0.3, -0.25) is 4.79 Å². The highest BCUT2D eigenvalue weighted by Gasteiger charge is 2.47. The predicted octanol–water partition coefficient (Wildman–Crippen LogP) is 3.35. The van der Waals surface area contributed by atoms with Crippen molar-refractivity contribution < 1.29 is 4.79 Å². The van der Waals surface area contributed by atoms with Gasteiger partial charge in [-0.15, -0.1) is 36.2 Å². The fraction of sp³-hybridized carbons (Fsp3) is 0.706. The minimum Gasteiger partial charge on any atom is -0.356 e. The summed E-state index contributed by atoms with van der Waals surface area (Å²) in [5.41, 5.74) is -0.0984. The summed E-state index contributed by atoms with van der Waals surface area (Å²) >= 11 is 1.77. The van der Waals surface area contributed by atoms with Crippen molar-refractivity contribution in [1.82, 2.24) is 16.0 Å². The van der Waals surface area contributed by atoms with Crippen LogP contribution in [-0.4, -0.2) is 30.1 Å². The van der Waals surface area contributed by atoms with Crippen LogP contribution < -0.4 is 16.0 Å². The zero-order valence-electron chi connectivity index (χ0n) is 15.0. The van der Waals surface area contributed by atoms with E-state index < -0.39 is 0 Å². The van der Waals surface area contributed by atoms with E-state index in [0.29, 0.717) is 0 Å². The highest BCUT2D eigenvalue weighted by atomic mass is 35.5. The summed E-state index contributed by atoms with van der Waals surface area (Å²) < 4.78 is 0. The Labute approximate surface area is 162 Å². The SMILES string of the molecule is CC1(C)CC(C(=O)NCCCNCc2cccs2)C(C)(C)N1.Cl.Cl. The van der Waals surface area contributed by atoms with Crippen molar-refractivity contribution in [2.45, 2.75) is 58.2 Å². The first-order valence-electron chi connectivity index (χ1n) is 8.10. The lowest BCUT2D eigenvalue weighted by atomic mass is 9.86. The van der Waals surface area contributed by atoms with E-state index >= 15 is 0 Å². The van der Waals surface area contributed by atoms with Crippen LogP contribution in [0.25, 0.3) is 0 Å². The van der Waals surface area contributed by atoms with Gasteiger partial charge in [-0.1, -0.05) is 6.07 Å². The average molecular weight is 396 g/mol. The molecule has 1 aromatic heterocycles. The monoisotopic (exact) mass is 395 g/mol. The lowest BCUT2D eigenvalue weighted by Crippen LogP contribution is -2.48. The average Bonchev–Trinajstić information content (AvgIpc) is 2.98. The Morgan fingerprint density at radius 3 is 2.54 bits per heavy atom. The summed E-state index contributed by atoms with van der Waals surface area (Å²) in [6, 6.07) is 4.21. The van der Waals surface area contributed by atoms with Crippen molar-refractivity contribution in [2.75, 3.05) is 13.1 Å². The normalized spacial score (nSPS) is 20.8. The first kappa shape index (κ1) is 23.7. The summed E-state index contributed by atoms with van der Waals surface area (Å²) in [6.07, 6.45) is 1.85. The Morgan fingerprint density at radius 1 is 1.29 bits per heavy atom. The quantitative estimate of drug-likeness (QED) is 0.620. The summed E-state index contributed by atoms with van der Waals surface area (Å²) in [4.78, 5) is 13.8. The number of hydrogen-bond donors (Lipinski definition) is 3. The predicted molar refractivity (Wildman–Crippen MR) is 108 cm³/mol. The van der Waals surface area contributed by atoms with E-state index in [-0.39, 0.29) is 47.7 Å². The molecule has 1 atom stereocenters. The van der Waals surface area contributed by atoms with Crippen LogP contribution in [0.5, 0.6) is 0 Å². The topological polar surface area (TPSA) is 53.2 Å². The minimum atomic E-state index is -0.134. The Balaban J connectivity index is 0.00000264. The number of nitrogens with one attached hydrogen (secondary N) is 3. The van der Waals surface area contributed by atoms with E-state index in [4.69, 9.17) is 0 Å². The maximum absolute atomic E-state index is 12.4. The number of amides is 1. The number of carbonyl (C=O) groups excluding carboxylic acids is 1. The molecule has 1 saturated heterocycles. The molecular weight excluding hydrogens is 365 g/mol. The van der Waals surface area contributed by atoms with Gasteiger partial charge >= 0.3 is 0 Å². The van der Waals surface area contributed by atoms with Gasteiger partial charge in [-0.2, -0.15) is 0 Å². The van der Waals surface area contributed by atoms with Gasteiger partial charge in [0.1, 0.15) is 0 Å². The molecule has 3 N–H and O–H groups in total. The second-order valence-electron chi connectivity index (χ2n) is 7.39. The summed E-state index contributed by atoms with van der Waals surface area (Å²) in [7, 11) is 0. The van der Waals surface area contributed by atoms with Crippen LogP contribution >= 0.6 is 36.2 Å². The van der Waals surface area contributed by atoms with E-state index in [1.165, 1.54) is 4.88 Å². The number of carbonyl (C=O) groups is 1. The van der Waals surface area contributed by atoms with Gasteiger partial charge in [-0.05, 0) is 58.5 Å². The molecule has 1 aliphatic heterocycles. The summed E-state index contributed by atoms with van der Waals surface area (Å²) in [5.74, 6) is 0.225. The molecule has 1 amide bonds. The molecule has 2 heterocycles. The van der Waals surface area contributed by atoms with Crippen LogP contribution in [0, 0.1) is 5.92 Å². The van der Waals surface area contributed by atoms with Crippen LogP contribution in [-0.2, 0) is 11.3 Å². The van der Waals surface area contributed by atoms with Gasteiger partial charge in [0.2, 0.25) is 5.91 Å². The molecule has 1 unspecified atom stereocenters. The lowest BCUT2D eigenvalue weighted by molar-refractivity contribution is -0.126.